The quantitative estimate of drug-likeness (QED) is 0.830. The van der Waals surface area contributed by atoms with Gasteiger partial charge in [0, 0.05) is 38.9 Å². The zero-order valence-corrected chi connectivity index (χ0v) is 15.7. The van der Waals surface area contributed by atoms with Gasteiger partial charge in [-0.05, 0) is 12.1 Å². The predicted molar refractivity (Wildman–Crippen MR) is 105 cm³/mol. The van der Waals surface area contributed by atoms with E-state index in [9.17, 15) is 4.79 Å². The Labute approximate surface area is 158 Å². The average molecular weight is 372 g/mol. The van der Waals surface area contributed by atoms with Gasteiger partial charge in [0.15, 0.2) is 5.82 Å². The van der Waals surface area contributed by atoms with Crippen LogP contribution in [0.1, 0.15) is 0 Å². The van der Waals surface area contributed by atoms with E-state index in [0.29, 0.717) is 42.1 Å². The molecule has 0 aliphatic carbocycles. The van der Waals surface area contributed by atoms with Crippen molar-refractivity contribution in [3.63, 3.8) is 0 Å². The number of benzene rings is 1. The van der Waals surface area contributed by atoms with E-state index in [-0.39, 0.29) is 6.03 Å². The van der Waals surface area contributed by atoms with Crippen LogP contribution in [0.3, 0.4) is 0 Å². The van der Waals surface area contributed by atoms with Crippen molar-refractivity contribution >= 4 is 29.2 Å². The van der Waals surface area contributed by atoms with Crippen LogP contribution in [-0.4, -0.2) is 63.5 Å². The van der Waals surface area contributed by atoms with Crippen molar-refractivity contribution in [1.82, 2.24) is 9.97 Å². The molecule has 27 heavy (non-hydrogen) atoms. The number of hydrogen-bond donors (Lipinski definition) is 2. The van der Waals surface area contributed by atoms with Crippen molar-refractivity contribution in [2.75, 3.05) is 67.9 Å². The van der Waals surface area contributed by atoms with Crippen LogP contribution >= 0.6 is 0 Å². The Balaban J connectivity index is 1.73. The van der Waals surface area contributed by atoms with E-state index in [4.69, 9.17) is 9.47 Å². The van der Waals surface area contributed by atoms with Gasteiger partial charge in [0.25, 0.3) is 0 Å². The molecule has 2 N–H and O–H groups in total. The summed E-state index contributed by atoms with van der Waals surface area (Å²) in [6.07, 6.45) is 1.62. The first-order valence-electron chi connectivity index (χ1n) is 8.66. The number of carbonyl (C=O) groups excluding carboxylic acids is 1. The Hall–Kier alpha value is -3.07. The van der Waals surface area contributed by atoms with Gasteiger partial charge in [0.1, 0.15) is 11.4 Å². The number of aromatic nitrogens is 2. The number of methoxy groups -OCH3 is 1. The molecule has 3 rings (SSSR count). The normalized spacial score (nSPS) is 13.8. The molecule has 0 spiro atoms. The minimum Gasteiger partial charge on any atom is -0.497 e. The highest BCUT2D eigenvalue weighted by atomic mass is 16.5. The van der Waals surface area contributed by atoms with Gasteiger partial charge in [-0.25, -0.2) is 9.78 Å². The maximum absolute atomic E-state index is 12.4. The van der Waals surface area contributed by atoms with E-state index in [1.165, 1.54) is 0 Å². The molecule has 2 aromatic rings. The lowest BCUT2D eigenvalue weighted by Crippen LogP contribution is -2.37. The molecule has 2 amide bonds. The largest absolute Gasteiger partial charge is 0.497 e. The van der Waals surface area contributed by atoms with Crippen LogP contribution in [0.2, 0.25) is 0 Å². The molecule has 1 fully saturated rings. The number of urea groups is 1. The Morgan fingerprint density at radius 3 is 2.74 bits per heavy atom. The molecule has 0 saturated carbocycles. The van der Waals surface area contributed by atoms with Crippen LogP contribution in [0.15, 0.2) is 30.5 Å². The number of hydrogen-bond acceptors (Lipinski definition) is 7. The number of nitrogens with zero attached hydrogens (tertiary/aromatic N) is 4. The summed E-state index contributed by atoms with van der Waals surface area (Å²) in [5, 5.41) is 5.59. The number of anilines is 4. The van der Waals surface area contributed by atoms with Crippen LogP contribution in [0.25, 0.3) is 0 Å². The number of amides is 2. The first-order chi connectivity index (χ1) is 13.1. The van der Waals surface area contributed by atoms with Crippen LogP contribution in [0.4, 0.5) is 27.9 Å². The summed E-state index contributed by atoms with van der Waals surface area (Å²) >= 11 is 0. The Kier molecular flexibility index (Phi) is 5.92. The average Bonchev–Trinajstić information content (AvgIpc) is 2.69. The lowest BCUT2D eigenvalue weighted by atomic mass is 10.3. The zero-order valence-electron chi connectivity index (χ0n) is 15.7. The SMILES string of the molecule is COc1cccc(NC(=O)Nc2cnc(N3CCOCC3)nc2N(C)C)c1. The third-order valence-corrected chi connectivity index (χ3v) is 4.05. The summed E-state index contributed by atoms with van der Waals surface area (Å²) in [5.41, 5.74) is 1.15. The van der Waals surface area contributed by atoms with Gasteiger partial charge in [-0.2, -0.15) is 4.98 Å². The van der Waals surface area contributed by atoms with Crippen molar-refractivity contribution in [3.05, 3.63) is 30.5 Å². The van der Waals surface area contributed by atoms with E-state index < -0.39 is 0 Å². The summed E-state index contributed by atoms with van der Waals surface area (Å²) in [6, 6.07) is 6.76. The molecule has 144 valence electrons. The molecule has 9 heteroatoms. The molecule has 1 aromatic carbocycles. The highest BCUT2D eigenvalue weighted by molar-refractivity contribution is 6.01. The molecule has 0 atom stereocenters. The predicted octanol–water partition coefficient (Wildman–Crippen LogP) is 2.03. The minimum atomic E-state index is -0.380. The molecule has 2 heterocycles. The van der Waals surface area contributed by atoms with Crippen molar-refractivity contribution in [1.29, 1.82) is 0 Å². The fourth-order valence-corrected chi connectivity index (χ4v) is 2.69. The fraction of sp³-hybridized carbons (Fsp3) is 0.389. The van der Waals surface area contributed by atoms with Gasteiger partial charge in [0.2, 0.25) is 5.95 Å². The van der Waals surface area contributed by atoms with Crippen LogP contribution < -0.4 is 25.2 Å². The monoisotopic (exact) mass is 372 g/mol. The number of rotatable bonds is 5. The number of carbonyl (C=O) groups is 1. The Morgan fingerprint density at radius 2 is 2.04 bits per heavy atom. The highest BCUT2D eigenvalue weighted by Gasteiger charge is 2.18. The van der Waals surface area contributed by atoms with Crippen molar-refractivity contribution in [2.45, 2.75) is 0 Å². The Morgan fingerprint density at radius 1 is 1.26 bits per heavy atom. The van der Waals surface area contributed by atoms with E-state index in [2.05, 4.69) is 25.5 Å². The van der Waals surface area contributed by atoms with Gasteiger partial charge >= 0.3 is 6.03 Å². The summed E-state index contributed by atoms with van der Waals surface area (Å²) in [6.45, 7) is 2.80. The standard InChI is InChI=1S/C18H24N6O3/c1-23(2)16-15(12-19-17(22-16)24-7-9-27-10-8-24)21-18(25)20-13-5-4-6-14(11-13)26-3/h4-6,11-12H,7-10H2,1-3H3,(H2,20,21,25). The van der Waals surface area contributed by atoms with Crippen molar-refractivity contribution in [2.24, 2.45) is 0 Å². The van der Waals surface area contributed by atoms with Crippen molar-refractivity contribution < 1.29 is 14.3 Å². The van der Waals surface area contributed by atoms with E-state index in [0.717, 1.165) is 13.1 Å². The molecule has 1 aliphatic rings. The second-order valence-corrected chi connectivity index (χ2v) is 6.21. The summed E-state index contributed by atoms with van der Waals surface area (Å²) < 4.78 is 10.5. The van der Waals surface area contributed by atoms with E-state index in [1.807, 2.05) is 25.1 Å². The molecule has 1 saturated heterocycles. The smallest absolute Gasteiger partial charge is 0.323 e. The van der Waals surface area contributed by atoms with Crippen LogP contribution in [0.5, 0.6) is 5.75 Å². The first-order valence-corrected chi connectivity index (χ1v) is 8.66. The Bertz CT molecular complexity index is 792. The maximum atomic E-state index is 12.4. The summed E-state index contributed by atoms with van der Waals surface area (Å²) in [5.74, 6) is 1.92. The summed E-state index contributed by atoms with van der Waals surface area (Å²) in [7, 11) is 5.32. The second-order valence-electron chi connectivity index (χ2n) is 6.21. The highest BCUT2D eigenvalue weighted by Crippen LogP contribution is 2.24. The molecule has 1 aliphatic heterocycles. The van der Waals surface area contributed by atoms with E-state index >= 15 is 0 Å². The lowest BCUT2D eigenvalue weighted by Gasteiger charge is -2.28. The van der Waals surface area contributed by atoms with Gasteiger partial charge in [0.05, 0.1) is 26.5 Å². The molecule has 0 bridgehead atoms. The van der Waals surface area contributed by atoms with Crippen LogP contribution in [-0.2, 0) is 4.74 Å². The molecule has 0 radical (unpaired) electrons. The fourth-order valence-electron chi connectivity index (χ4n) is 2.69. The second kappa shape index (κ2) is 8.54. The lowest BCUT2D eigenvalue weighted by molar-refractivity contribution is 0.122. The molecular formula is C18H24N6O3. The maximum Gasteiger partial charge on any atom is 0.323 e. The van der Waals surface area contributed by atoms with E-state index in [1.54, 1.807) is 31.5 Å². The topological polar surface area (TPSA) is 91.8 Å². The first kappa shape index (κ1) is 18.7. The number of ether oxygens (including phenoxy) is 2. The number of nitrogens with one attached hydrogen (secondary N) is 2. The molecule has 1 aromatic heterocycles. The third-order valence-electron chi connectivity index (χ3n) is 4.05. The molecule has 9 nitrogen and oxygen atoms in total. The van der Waals surface area contributed by atoms with Gasteiger partial charge in [-0.1, -0.05) is 6.07 Å². The number of morpholine rings is 1. The van der Waals surface area contributed by atoms with Gasteiger partial charge < -0.3 is 29.9 Å². The summed E-state index contributed by atoms with van der Waals surface area (Å²) in [4.78, 5) is 25.3. The molecule has 0 unspecified atom stereocenters. The van der Waals surface area contributed by atoms with Crippen molar-refractivity contribution in [3.8, 4) is 5.75 Å². The third kappa shape index (κ3) is 4.76. The van der Waals surface area contributed by atoms with Gasteiger partial charge in [-0.15, -0.1) is 0 Å². The minimum absolute atomic E-state index is 0.380. The zero-order chi connectivity index (χ0) is 19.2. The molecular weight excluding hydrogens is 348 g/mol. The van der Waals surface area contributed by atoms with Crippen LogP contribution in [0, 0.1) is 0 Å². The van der Waals surface area contributed by atoms with Gasteiger partial charge in [-0.3, -0.25) is 0 Å².